The van der Waals surface area contributed by atoms with E-state index in [2.05, 4.69) is 0 Å². The van der Waals surface area contributed by atoms with Crippen molar-refractivity contribution in [2.75, 3.05) is 6.61 Å². The van der Waals surface area contributed by atoms with Crippen LogP contribution in [0.5, 0.6) is 0 Å². The molecule has 4 nitrogen and oxygen atoms in total. The highest BCUT2D eigenvalue weighted by atomic mass is 19.2. The Morgan fingerprint density at radius 3 is 2.67 bits per heavy atom. The van der Waals surface area contributed by atoms with E-state index in [1.54, 1.807) is 6.92 Å². The molecular weight excluding hydrogens is 280 g/mol. The van der Waals surface area contributed by atoms with Crippen LogP contribution >= 0.6 is 0 Å². The SMILES string of the molecule is CCOC(=O)c1cccn(Cc2ccc(F)c(F)c2)c1=O. The molecule has 1 aromatic heterocycles. The third kappa shape index (κ3) is 3.34. The fraction of sp³-hybridized carbons (Fsp3) is 0.200. The lowest BCUT2D eigenvalue weighted by molar-refractivity contribution is 0.0523. The molecule has 0 aliphatic rings. The molecule has 0 N–H and O–H groups in total. The Labute approximate surface area is 119 Å². The van der Waals surface area contributed by atoms with Crippen molar-refractivity contribution in [1.29, 1.82) is 0 Å². The van der Waals surface area contributed by atoms with Gasteiger partial charge in [0.1, 0.15) is 5.56 Å². The van der Waals surface area contributed by atoms with Gasteiger partial charge in [-0.15, -0.1) is 0 Å². The molecule has 2 rings (SSSR count). The van der Waals surface area contributed by atoms with Crippen LogP contribution < -0.4 is 5.56 Å². The smallest absolute Gasteiger partial charge is 0.343 e. The van der Waals surface area contributed by atoms with Gasteiger partial charge in [0.15, 0.2) is 11.6 Å². The highest BCUT2D eigenvalue weighted by Gasteiger charge is 2.13. The van der Waals surface area contributed by atoms with Gasteiger partial charge in [-0.25, -0.2) is 13.6 Å². The summed E-state index contributed by atoms with van der Waals surface area (Å²) in [4.78, 5) is 23.8. The summed E-state index contributed by atoms with van der Waals surface area (Å²) in [5.41, 5.74) is -0.223. The Morgan fingerprint density at radius 1 is 1.24 bits per heavy atom. The molecule has 0 amide bonds. The van der Waals surface area contributed by atoms with Gasteiger partial charge < -0.3 is 9.30 Å². The van der Waals surface area contributed by atoms with Gasteiger partial charge in [0.25, 0.3) is 5.56 Å². The molecule has 0 spiro atoms. The second-order valence-electron chi connectivity index (χ2n) is 4.32. The Kier molecular flexibility index (Phi) is 4.47. The van der Waals surface area contributed by atoms with Crippen LogP contribution in [0.25, 0.3) is 0 Å². The maximum atomic E-state index is 13.2. The summed E-state index contributed by atoms with van der Waals surface area (Å²) >= 11 is 0. The zero-order valence-corrected chi connectivity index (χ0v) is 11.3. The Hall–Kier alpha value is -2.50. The van der Waals surface area contributed by atoms with E-state index >= 15 is 0 Å². The lowest BCUT2D eigenvalue weighted by Crippen LogP contribution is -2.27. The van der Waals surface area contributed by atoms with Crippen LogP contribution in [-0.2, 0) is 11.3 Å². The van der Waals surface area contributed by atoms with E-state index < -0.39 is 23.2 Å². The molecule has 0 radical (unpaired) electrons. The average molecular weight is 293 g/mol. The van der Waals surface area contributed by atoms with E-state index in [4.69, 9.17) is 4.74 Å². The van der Waals surface area contributed by atoms with E-state index in [-0.39, 0.29) is 18.7 Å². The summed E-state index contributed by atoms with van der Waals surface area (Å²) < 4.78 is 32.0. The summed E-state index contributed by atoms with van der Waals surface area (Å²) in [6, 6.07) is 6.27. The number of rotatable bonds is 4. The predicted molar refractivity (Wildman–Crippen MR) is 72.1 cm³/mol. The van der Waals surface area contributed by atoms with Crippen LogP contribution in [0.2, 0.25) is 0 Å². The Bertz CT molecular complexity index is 725. The number of pyridine rings is 1. The van der Waals surface area contributed by atoms with Crippen molar-refractivity contribution in [3.05, 3.63) is 69.6 Å². The van der Waals surface area contributed by atoms with Crippen molar-refractivity contribution < 1.29 is 18.3 Å². The molecule has 6 heteroatoms. The molecule has 0 aliphatic carbocycles. The molecule has 0 saturated carbocycles. The number of esters is 1. The summed E-state index contributed by atoms with van der Waals surface area (Å²) in [6.45, 7) is 1.83. The molecule has 0 atom stereocenters. The maximum absolute atomic E-state index is 13.2. The number of ether oxygens (including phenoxy) is 1. The Morgan fingerprint density at radius 2 is 2.00 bits per heavy atom. The summed E-state index contributed by atoms with van der Waals surface area (Å²) in [6.07, 6.45) is 1.46. The monoisotopic (exact) mass is 293 g/mol. The van der Waals surface area contributed by atoms with Gasteiger partial charge >= 0.3 is 5.97 Å². The van der Waals surface area contributed by atoms with Crippen molar-refractivity contribution in [1.82, 2.24) is 4.57 Å². The number of benzene rings is 1. The van der Waals surface area contributed by atoms with Crippen LogP contribution in [0.1, 0.15) is 22.8 Å². The standard InChI is InChI=1S/C15H13F2NO3/c1-2-21-15(20)11-4-3-7-18(14(11)19)9-10-5-6-12(16)13(17)8-10/h3-8H,2,9H2,1H3. The fourth-order valence-electron chi connectivity index (χ4n) is 1.86. The zero-order valence-electron chi connectivity index (χ0n) is 11.3. The molecule has 2 aromatic rings. The number of aromatic nitrogens is 1. The van der Waals surface area contributed by atoms with Gasteiger partial charge in [-0.1, -0.05) is 6.07 Å². The highest BCUT2D eigenvalue weighted by Crippen LogP contribution is 2.09. The largest absolute Gasteiger partial charge is 0.462 e. The van der Waals surface area contributed by atoms with E-state index in [1.165, 1.54) is 29.0 Å². The van der Waals surface area contributed by atoms with Crippen molar-refractivity contribution in [3.8, 4) is 0 Å². The van der Waals surface area contributed by atoms with Crippen LogP contribution in [0.3, 0.4) is 0 Å². The zero-order chi connectivity index (χ0) is 15.4. The molecule has 21 heavy (non-hydrogen) atoms. The summed E-state index contributed by atoms with van der Waals surface area (Å²) in [5, 5.41) is 0. The minimum absolute atomic E-state index is 0.0310. The van der Waals surface area contributed by atoms with Crippen LogP contribution in [-0.4, -0.2) is 17.1 Å². The van der Waals surface area contributed by atoms with E-state index in [0.29, 0.717) is 5.56 Å². The van der Waals surface area contributed by atoms with Crippen molar-refractivity contribution >= 4 is 5.97 Å². The predicted octanol–water partition coefficient (Wildman–Crippen LogP) is 2.35. The first kappa shape index (κ1) is 14.9. The minimum atomic E-state index is -0.984. The van der Waals surface area contributed by atoms with Gasteiger partial charge in [-0.2, -0.15) is 0 Å². The molecule has 1 aromatic carbocycles. The Balaban J connectivity index is 2.32. The highest BCUT2D eigenvalue weighted by molar-refractivity contribution is 5.88. The second-order valence-corrected chi connectivity index (χ2v) is 4.32. The first-order valence-corrected chi connectivity index (χ1v) is 6.33. The fourth-order valence-corrected chi connectivity index (χ4v) is 1.86. The number of hydrogen-bond donors (Lipinski definition) is 0. The molecular formula is C15H13F2NO3. The first-order chi connectivity index (χ1) is 10.0. The van der Waals surface area contributed by atoms with Crippen molar-refractivity contribution in [3.63, 3.8) is 0 Å². The van der Waals surface area contributed by atoms with E-state index in [1.807, 2.05) is 0 Å². The van der Waals surface area contributed by atoms with Gasteiger partial charge in [-0.05, 0) is 36.8 Å². The van der Waals surface area contributed by atoms with Gasteiger partial charge in [0, 0.05) is 6.20 Å². The van der Waals surface area contributed by atoms with Crippen LogP contribution in [0.15, 0.2) is 41.3 Å². The lowest BCUT2D eigenvalue weighted by Gasteiger charge is -2.08. The van der Waals surface area contributed by atoms with Gasteiger partial charge in [0.2, 0.25) is 0 Å². The molecule has 110 valence electrons. The minimum Gasteiger partial charge on any atom is -0.462 e. The average Bonchev–Trinajstić information content (AvgIpc) is 2.45. The topological polar surface area (TPSA) is 48.3 Å². The van der Waals surface area contributed by atoms with E-state index in [0.717, 1.165) is 12.1 Å². The van der Waals surface area contributed by atoms with Gasteiger partial charge in [-0.3, -0.25) is 4.79 Å². The summed E-state index contributed by atoms with van der Waals surface area (Å²) in [7, 11) is 0. The van der Waals surface area contributed by atoms with Crippen LogP contribution in [0, 0.1) is 11.6 Å². The van der Waals surface area contributed by atoms with Crippen molar-refractivity contribution in [2.24, 2.45) is 0 Å². The number of carbonyl (C=O) groups is 1. The third-order valence-electron chi connectivity index (χ3n) is 2.85. The molecule has 0 fully saturated rings. The lowest BCUT2D eigenvalue weighted by atomic mass is 10.2. The van der Waals surface area contributed by atoms with Crippen molar-refractivity contribution in [2.45, 2.75) is 13.5 Å². The first-order valence-electron chi connectivity index (χ1n) is 6.33. The molecule has 0 saturated heterocycles. The normalized spacial score (nSPS) is 10.4. The molecule has 0 bridgehead atoms. The van der Waals surface area contributed by atoms with E-state index in [9.17, 15) is 18.4 Å². The number of halogens is 2. The third-order valence-corrected chi connectivity index (χ3v) is 2.85. The number of nitrogens with zero attached hydrogens (tertiary/aromatic N) is 1. The quantitative estimate of drug-likeness (QED) is 0.813. The maximum Gasteiger partial charge on any atom is 0.343 e. The molecule has 0 unspecified atom stereocenters. The molecule has 0 aliphatic heterocycles. The number of hydrogen-bond acceptors (Lipinski definition) is 3. The summed E-state index contributed by atoms with van der Waals surface area (Å²) in [5.74, 6) is -2.64. The number of carbonyl (C=O) groups excluding carboxylic acids is 1. The van der Waals surface area contributed by atoms with Crippen LogP contribution in [0.4, 0.5) is 8.78 Å². The molecule has 1 heterocycles. The second kappa shape index (κ2) is 6.30. The van der Waals surface area contributed by atoms with Gasteiger partial charge in [0.05, 0.1) is 13.2 Å².